The van der Waals surface area contributed by atoms with Crippen molar-refractivity contribution in [2.24, 2.45) is 7.05 Å². The van der Waals surface area contributed by atoms with Crippen molar-refractivity contribution in [2.75, 3.05) is 0 Å². The van der Waals surface area contributed by atoms with Gasteiger partial charge in [-0.05, 0) is 18.2 Å². The fourth-order valence-corrected chi connectivity index (χ4v) is 1.81. The maximum Gasteiger partial charge on any atom is 0.414 e. The van der Waals surface area contributed by atoms with Gasteiger partial charge in [0.2, 0.25) is 5.56 Å². The van der Waals surface area contributed by atoms with Crippen LogP contribution < -0.4 is 10.9 Å². The monoisotopic (exact) mass is 311 g/mol. The molecular weight excluding hydrogens is 299 g/mol. The third-order valence-electron chi connectivity index (χ3n) is 2.93. The third kappa shape index (κ3) is 3.51. The Labute approximate surface area is 123 Å². The maximum atomic E-state index is 13.1. The molecule has 0 aliphatic carbocycles. The number of amides is 1. The Morgan fingerprint density at radius 3 is 2.55 bits per heavy atom. The van der Waals surface area contributed by atoms with E-state index in [0.717, 1.165) is 10.6 Å². The van der Waals surface area contributed by atoms with E-state index < -0.39 is 18.1 Å². The van der Waals surface area contributed by atoms with Crippen molar-refractivity contribution >= 4 is 5.91 Å². The Bertz CT molecular complexity index is 726. The average Bonchev–Trinajstić information content (AvgIpc) is 2.47. The lowest BCUT2D eigenvalue weighted by Gasteiger charge is -2.21. The molecule has 0 spiro atoms. The number of nitrogens with one attached hydrogen (secondary N) is 1. The number of pyridine rings is 2. The van der Waals surface area contributed by atoms with Crippen LogP contribution in [0.25, 0.3) is 0 Å². The highest BCUT2D eigenvalue weighted by molar-refractivity contribution is 5.94. The van der Waals surface area contributed by atoms with E-state index >= 15 is 0 Å². The largest absolute Gasteiger partial charge is 0.414 e. The zero-order valence-electron chi connectivity index (χ0n) is 11.5. The van der Waals surface area contributed by atoms with Crippen LogP contribution in [0.15, 0.2) is 47.5 Å². The van der Waals surface area contributed by atoms with Gasteiger partial charge in [-0.1, -0.05) is 6.07 Å². The van der Waals surface area contributed by atoms with E-state index in [1.165, 1.54) is 43.7 Å². The zero-order chi connectivity index (χ0) is 16.3. The Balaban J connectivity index is 2.29. The van der Waals surface area contributed by atoms with Crippen LogP contribution in [-0.2, 0) is 7.05 Å². The van der Waals surface area contributed by atoms with Crippen molar-refractivity contribution in [3.63, 3.8) is 0 Å². The van der Waals surface area contributed by atoms with Crippen molar-refractivity contribution < 1.29 is 18.0 Å². The van der Waals surface area contributed by atoms with Gasteiger partial charge in [0.15, 0.2) is 6.04 Å². The number of carbonyl (C=O) groups is 1. The molecule has 1 N–H and O–H groups in total. The van der Waals surface area contributed by atoms with Gasteiger partial charge >= 0.3 is 6.18 Å². The van der Waals surface area contributed by atoms with Crippen molar-refractivity contribution in [3.05, 3.63) is 64.3 Å². The molecule has 2 aromatic rings. The first-order valence-corrected chi connectivity index (χ1v) is 6.24. The molecule has 0 radical (unpaired) electrons. The molecule has 0 saturated carbocycles. The summed E-state index contributed by atoms with van der Waals surface area (Å²) in [5.74, 6) is -0.941. The molecule has 2 aromatic heterocycles. The van der Waals surface area contributed by atoms with Crippen LogP contribution in [-0.4, -0.2) is 21.6 Å². The van der Waals surface area contributed by atoms with Crippen LogP contribution in [0.3, 0.4) is 0 Å². The lowest BCUT2D eigenvalue weighted by Crippen LogP contribution is -2.39. The molecule has 22 heavy (non-hydrogen) atoms. The van der Waals surface area contributed by atoms with Gasteiger partial charge in [-0.2, -0.15) is 13.2 Å². The molecule has 0 aromatic carbocycles. The van der Waals surface area contributed by atoms with E-state index in [4.69, 9.17) is 0 Å². The summed E-state index contributed by atoms with van der Waals surface area (Å²) in [7, 11) is 1.40. The number of aromatic nitrogens is 2. The summed E-state index contributed by atoms with van der Waals surface area (Å²) in [5, 5.41) is 1.89. The van der Waals surface area contributed by atoms with Gasteiger partial charge in [0.1, 0.15) is 0 Å². The molecule has 0 saturated heterocycles. The van der Waals surface area contributed by atoms with Crippen LogP contribution in [0.4, 0.5) is 13.2 Å². The smallest absolute Gasteiger partial charge is 0.335 e. The van der Waals surface area contributed by atoms with Gasteiger partial charge in [0.05, 0.1) is 11.3 Å². The molecular formula is C14H12F3N3O2. The Kier molecular flexibility index (Phi) is 4.30. The summed E-state index contributed by atoms with van der Waals surface area (Å²) in [5.41, 5.74) is -0.728. The number of alkyl halides is 3. The summed E-state index contributed by atoms with van der Waals surface area (Å²) < 4.78 is 40.5. The minimum atomic E-state index is -4.69. The standard InChI is InChI=1S/C14H12F3N3O2/c1-20-8-9(5-6-11(20)21)13(22)19-12(14(15,16)17)10-4-2-3-7-18-10/h2-8,12H,1H3,(H,19,22)/t12-/m1/s1. The molecule has 2 rings (SSSR count). The topological polar surface area (TPSA) is 64.0 Å². The second-order valence-corrected chi connectivity index (χ2v) is 4.57. The number of rotatable bonds is 3. The first-order chi connectivity index (χ1) is 10.3. The van der Waals surface area contributed by atoms with E-state index in [0.29, 0.717) is 0 Å². The highest BCUT2D eigenvalue weighted by Gasteiger charge is 2.42. The lowest BCUT2D eigenvalue weighted by molar-refractivity contribution is -0.156. The lowest BCUT2D eigenvalue weighted by atomic mass is 10.1. The summed E-state index contributed by atoms with van der Waals surface area (Å²) in [6, 6.07) is 4.12. The number of halogens is 3. The fraction of sp³-hybridized carbons (Fsp3) is 0.214. The van der Waals surface area contributed by atoms with Crippen molar-refractivity contribution in [2.45, 2.75) is 12.2 Å². The van der Waals surface area contributed by atoms with Gasteiger partial charge < -0.3 is 9.88 Å². The van der Waals surface area contributed by atoms with Gasteiger partial charge in [-0.15, -0.1) is 0 Å². The molecule has 0 aliphatic rings. The van der Waals surface area contributed by atoms with Gasteiger partial charge in [-0.25, -0.2) is 0 Å². The number of aryl methyl sites for hydroxylation is 1. The molecule has 2 heterocycles. The van der Waals surface area contributed by atoms with Crippen LogP contribution in [0, 0.1) is 0 Å². The summed E-state index contributed by atoms with van der Waals surface area (Å²) in [6.07, 6.45) is -2.30. The first kappa shape index (κ1) is 15.7. The first-order valence-electron chi connectivity index (χ1n) is 6.24. The number of hydrogen-bond donors (Lipinski definition) is 1. The SMILES string of the molecule is Cn1cc(C(=O)N[C@H](c2ccccn2)C(F)(F)F)ccc1=O. The van der Waals surface area contributed by atoms with Gasteiger partial charge in [-0.3, -0.25) is 14.6 Å². The van der Waals surface area contributed by atoms with E-state index in [-0.39, 0.29) is 16.8 Å². The second-order valence-electron chi connectivity index (χ2n) is 4.57. The van der Waals surface area contributed by atoms with E-state index in [9.17, 15) is 22.8 Å². The molecule has 5 nitrogen and oxygen atoms in total. The quantitative estimate of drug-likeness (QED) is 0.940. The normalized spacial score (nSPS) is 12.7. The van der Waals surface area contributed by atoms with Crippen LogP contribution >= 0.6 is 0 Å². The maximum absolute atomic E-state index is 13.1. The Morgan fingerprint density at radius 1 is 1.27 bits per heavy atom. The van der Waals surface area contributed by atoms with E-state index in [1.807, 2.05) is 5.32 Å². The third-order valence-corrected chi connectivity index (χ3v) is 2.93. The van der Waals surface area contributed by atoms with Crippen molar-refractivity contribution in [1.82, 2.24) is 14.9 Å². The van der Waals surface area contributed by atoms with Gasteiger partial charge in [0, 0.05) is 25.5 Å². The minimum absolute atomic E-state index is 0.0488. The van der Waals surface area contributed by atoms with E-state index in [1.54, 1.807) is 0 Å². The Morgan fingerprint density at radius 2 is 2.00 bits per heavy atom. The molecule has 0 bridgehead atoms. The molecule has 116 valence electrons. The van der Waals surface area contributed by atoms with Crippen LogP contribution in [0.1, 0.15) is 22.1 Å². The molecule has 8 heteroatoms. The predicted molar refractivity (Wildman–Crippen MR) is 72.2 cm³/mol. The number of carbonyl (C=O) groups excluding carboxylic acids is 1. The average molecular weight is 311 g/mol. The van der Waals surface area contributed by atoms with Crippen molar-refractivity contribution in [3.8, 4) is 0 Å². The second kappa shape index (κ2) is 6.00. The summed E-state index contributed by atoms with van der Waals surface area (Å²) >= 11 is 0. The molecule has 1 atom stereocenters. The summed E-state index contributed by atoms with van der Waals surface area (Å²) in [4.78, 5) is 26.9. The van der Waals surface area contributed by atoms with Crippen LogP contribution in [0.2, 0.25) is 0 Å². The molecule has 0 fully saturated rings. The highest BCUT2D eigenvalue weighted by atomic mass is 19.4. The van der Waals surface area contributed by atoms with E-state index in [2.05, 4.69) is 4.98 Å². The van der Waals surface area contributed by atoms with Crippen LogP contribution in [0.5, 0.6) is 0 Å². The highest BCUT2D eigenvalue weighted by Crippen LogP contribution is 2.31. The molecule has 1 amide bonds. The molecule has 0 aliphatic heterocycles. The fourth-order valence-electron chi connectivity index (χ4n) is 1.81. The van der Waals surface area contributed by atoms with Gasteiger partial charge in [0.25, 0.3) is 5.91 Å². The number of nitrogens with zero attached hydrogens (tertiary/aromatic N) is 2. The van der Waals surface area contributed by atoms with Crippen molar-refractivity contribution in [1.29, 1.82) is 0 Å². The Hall–Kier alpha value is -2.64. The predicted octanol–water partition coefficient (Wildman–Crippen LogP) is 1.81. The zero-order valence-corrected chi connectivity index (χ0v) is 11.5. The molecule has 0 unspecified atom stereocenters. The summed E-state index contributed by atoms with van der Waals surface area (Å²) in [6.45, 7) is 0. The number of hydrogen-bond acceptors (Lipinski definition) is 3. The minimum Gasteiger partial charge on any atom is -0.335 e.